The van der Waals surface area contributed by atoms with Crippen molar-refractivity contribution < 1.29 is 0 Å². The lowest BCUT2D eigenvalue weighted by molar-refractivity contribution is 0.501. The van der Waals surface area contributed by atoms with Crippen molar-refractivity contribution in [2.24, 2.45) is 0 Å². The zero-order valence-electron chi connectivity index (χ0n) is 14.1. The fraction of sp³-hybridized carbons (Fsp3) is 0.500. The van der Waals surface area contributed by atoms with E-state index in [1.165, 1.54) is 4.68 Å². The smallest absolute Gasteiger partial charge is 0.287 e. The summed E-state index contributed by atoms with van der Waals surface area (Å²) < 4.78 is 1.40. The Morgan fingerprint density at radius 1 is 1.04 bits per heavy atom. The third kappa shape index (κ3) is 3.21. The Labute approximate surface area is 145 Å². The first-order chi connectivity index (χ1) is 11.5. The molecule has 0 saturated carbocycles. The van der Waals surface area contributed by atoms with Gasteiger partial charge in [-0.05, 0) is 26.3 Å². The maximum absolute atomic E-state index is 12.3. The number of halogens is 1. The highest BCUT2D eigenvalue weighted by Crippen LogP contribution is 2.23. The van der Waals surface area contributed by atoms with Crippen molar-refractivity contribution >= 4 is 23.2 Å². The molecule has 7 nitrogen and oxygen atoms in total. The maximum atomic E-state index is 12.3. The van der Waals surface area contributed by atoms with Gasteiger partial charge in [0.05, 0.1) is 17.9 Å². The first kappa shape index (κ1) is 16.7. The van der Waals surface area contributed by atoms with E-state index < -0.39 is 0 Å². The van der Waals surface area contributed by atoms with E-state index in [-0.39, 0.29) is 16.6 Å². The molecule has 0 unspecified atom stereocenters. The molecule has 0 aromatic carbocycles. The summed E-state index contributed by atoms with van der Waals surface area (Å²) in [6, 6.07) is -0.0143. The van der Waals surface area contributed by atoms with E-state index in [9.17, 15) is 4.79 Å². The standard InChI is InChI=1S/C16H21ClN6O/c1-11(2)23-15(24)14(17)13(10-20-23)21-4-6-22(7-5-21)16-18-8-12(3)9-19-16/h8-11H,4-7H2,1-3H3. The summed E-state index contributed by atoms with van der Waals surface area (Å²) in [5.41, 5.74) is 1.50. The van der Waals surface area contributed by atoms with Crippen LogP contribution in [0.2, 0.25) is 5.02 Å². The number of rotatable bonds is 3. The lowest BCUT2D eigenvalue weighted by Crippen LogP contribution is -2.47. The Morgan fingerprint density at radius 3 is 2.21 bits per heavy atom. The van der Waals surface area contributed by atoms with Crippen molar-refractivity contribution in [2.75, 3.05) is 36.0 Å². The summed E-state index contributed by atoms with van der Waals surface area (Å²) in [7, 11) is 0. The molecule has 2 aromatic rings. The van der Waals surface area contributed by atoms with Gasteiger partial charge in [0.25, 0.3) is 5.56 Å². The molecule has 3 heterocycles. The highest BCUT2D eigenvalue weighted by molar-refractivity contribution is 6.33. The number of piperazine rings is 1. The predicted molar refractivity (Wildman–Crippen MR) is 95.1 cm³/mol. The molecule has 1 aliphatic heterocycles. The van der Waals surface area contributed by atoms with E-state index in [1.54, 1.807) is 6.20 Å². The normalized spacial score (nSPS) is 15.2. The molecule has 0 amide bonds. The Hall–Kier alpha value is -2.15. The molecule has 0 radical (unpaired) electrons. The van der Waals surface area contributed by atoms with E-state index in [0.29, 0.717) is 5.69 Å². The van der Waals surface area contributed by atoms with Gasteiger partial charge >= 0.3 is 0 Å². The highest BCUT2D eigenvalue weighted by Gasteiger charge is 2.22. The molecule has 2 aromatic heterocycles. The summed E-state index contributed by atoms with van der Waals surface area (Å²) in [5, 5.41) is 4.48. The Balaban J connectivity index is 1.74. The molecule has 0 atom stereocenters. The monoisotopic (exact) mass is 348 g/mol. The minimum atomic E-state index is -0.242. The Morgan fingerprint density at radius 2 is 1.62 bits per heavy atom. The lowest BCUT2D eigenvalue weighted by atomic mass is 10.3. The van der Waals surface area contributed by atoms with Gasteiger partial charge in [0, 0.05) is 38.6 Å². The van der Waals surface area contributed by atoms with Crippen molar-refractivity contribution in [1.29, 1.82) is 0 Å². The van der Waals surface area contributed by atoms with Crippen LogP contribution < -0.4 is 15.4 Å². The molecule has 0 N–H and O–H groups in total. The Bertz CT molecular complexity index is 765. The van der Waals surface area contributed by atoms with Gasteiger partial charge in [-0.15, -0.1) is 0 Å². The fourth-order valence-corrected chi connectivity index (χ4v) is 2.98. The van der Waals surface area contributed by atoms with E-state index in [1.807, 2.05) is 33.2 Å². The second-order valence-corrected chi connectivity index (χ2v) is 6.60. The average molecular weight is 349 g/mol. The van der Waals surface area contributed by atoms with Crippen LogP contribution in [0.3, 0.4) is 0 Å². The molecule has 24 heavy (non-hydrogen) atoms. The van der Waals surface area contributed by atoms with E-state index >= 15 is 0 Å². The molecule has 3 rings (SSSR count). The zero-order valence-corrected chi connectivity index (χ0v) is 14.9. The first-order valence-corrected chi connectivity index (χ1v) is 8.41. The zero-order chi connectivity index (χ0) is 17.3. The number of aryl methyl sites for hydroxylation is 1. The molecule has 8 heteroatoms. The molecule has 1 aliphatic rings. The summed E-state index contributed by atoms with van der Waals surface area (Å²) in [6.07, 6.45) is 5.32. The number of hydrogen-bond donors (Lipinski definition) is 0. The third-order valence-corrected chi connectivity index (χ3v) is 4.44. The molecule has 1 saturated heterocycles. The van der Waals surface area contributed by atoms with Gasteiger partial charge < -0.3 is 9.80 Å². The SMILES string of the molecule is Cc1cnc(N2CCN(c3cnn(C(C)C)c(=O)c3Cl)CC2)nc1. The van der Waals surface area contributed by atoms with E-state index in [2.05, 4.69) is 24.9 Å². The van der Waals surface area contributed by atoms with Gasteiger partial charge in [-0.3, -0.25) is 4.79 Å². The molecule has 0 spiro atoms. The van der Waals surface area contributed by atoms with Gasteiger partial charge in [0.2, 0.25) is 5.95 Å². The topological polar surface area (TPSA) is 67.2 Å². The predicted octanol–water partition coefficient (Wildman–Crippen LogP) is 1.90. The summed E-state index contributed by atoms with van der Waals surface area (Å²) in [6.45, 7) is 8.80. The first-order valence-electron chi connectivity index (χ1n) is 8.03. The van der Waals surface area contributed by atoms with Crippen LogP contribution in [0.15, 0.2) is 23.4 Å². The van der Waals surface area contributed by atoms with Crippen LogP contribution in [0.5, 0.6) is 0 Å². The van der Waals surface area contributed by atoms with Crippen molar-refractivity contribution in [1.82, 2.24) is 19.7 Å². The van der Waals surface area contributed by atoms with Crippen LogP contribution >= 0.6 is 11.6 Å². The molecule has 128 valence electrons. The van der Waals surface area contributed by atoms with Gasteiger partial charge in [-0.25, -0.2) is 14.6 Å². The second kappa shape index (κ2) is 6.76. The van der Waals surface area contributed by atoms with Gasteiger partial charge in [-0.2, -0.15) is 5.10 Å². The lowest BCUT2D eigenvalue weighted by Gasteiger charge is -2.36. The molecular weight excluding hydrogens is 328 g/mol. The van der Waals surface area contributed by atoms with Gasteiger partial charge in [0.1, 0.15) is 5.02 Å². The summed E-state index contributed by atoms with van der Waals surface area (Å²) in [5.74, 6) is 0.736. The maximum Gasteiger partial charge on any atom is 0.287 e. The van der Waals surface area contributed by atoms with Gasteiger partial charge in [0.15, 0.2) is 0 Å². The fourth-order valence-electron chi connectivity index (χ4n) is 2.72. The minimum absolute atomic E-state index is 0.0143. The number of aromatic nitrogens is 4. The van der Waals surface area contributed by atoms with Crippen LogP contribution in [0, 0.1) is 6.92 Å². The number of anilines is 2. The van der Waals surface area contributed by atoms with Crippen molar-refractivity contribution in [3.63, 3.8) is 0 Å². The molecule has 1 fully saturated rings. The molecule has 0 aliphatic carbocycles. The van der Waals surface area contributed by atoms with Crippen LogP contribution in [-0.4, -0.2) is 45.9 Å². The number of nitrogens with zero attached hydrogens (tertiary/aromatic N) is 6. The molecule has 0 bridgehead atoms. The average Bonchev–Trinajstić information content (AvgIpc) is 2.58. The van der Waals surface area contributed by atoms with Crippen molar-refractivity contribution in [3.05, 3.63) is 39.5 Å². The summed E-state index contributed by atoms with van der Waals surface area (Å²) >= 11 is 6.29. The number of hydrogen-bond acceptors (Lipinski definition) is 6. The van der Waals surface area contributed by atoms with Crippen molar-refractivity contribution in [2.45, 2.75) is 26.8 Å². The minimum Gasteiger partial charge on any atom is -0.365 e. The molecular formula is C16H21ClN6O. The largest absolute Gasteiger partial charge is 0.365 e. The van der Waals surface area contributed by atoms with Crippen LogP contribution in [0.4, 0.5) is 11.6 Å². The van der Waals surface area contributed by atoms with E-state index in [4.69, 9.17) is 11.6 Å². The van der Waals surface area contributed by atoms with Crippen molar-refractivity contribution in [3.8, 4) is 0 Å². The van der Waals surface area contributed by atoms with Gasteiger partial charge in [-0.1, -0.05) is 11.6 Å². The van der Waals surface area contributed by atoms with Crippen LogP contribution in [0.25, 0.3) is 0 Å². The highest BCUT2D eigenvalue weighted by atomic mass is 35.5. The Kier molecular flexibility index (Phi) is 4.71. The second-order valence-electron chi connectivity index (χ2n) is 6.22. The van der Waals surface area contributed by atoms with Crippen LogP contribution in [0.1, 0.15) is 25.5 Å². The quantitative estimate of drug-likeness (QED) is 0.844. The summed E-state index contributed by atoms with van der Waals surface area (Å²) in [4.78, 5) is 25.3. The van der Waals surface area contributed by atoms with Crippen LogP contribution in [-0.2, 0) is 0 Å². The third-order valence-electron chi connectivity index (χ3n) is 4.08. The van der Waals surface area contributed by atoms with E-state index in [0.717, 1.165) is 37.7 Å².